The average molecular weight is 217 g/mol. The van der Waals surface area contributed by atoms with Gasteiger partial charge >= 0.3 is 0 Å². The molecule has 0 aliphatic carbocycles. The summed E-state index contributed by atoms with van der Waals surface area (Å²) in [5.41, 5.74) is 7.45. The first-order valence-corrected chi connectivity index (χ1v) is 5.24. The maximum Gasteiger partial charge on any atom is 0.137 e. The molecule has 0 amide bonds. The maximum atomic E-state index is 5.46. The molecule has 0 radical (unpaired) electrons. The van der Waals surface area contributed by atoms with Gasteiger partial charge in [0.25, 0.3) is 0 Å². The number of aromatic nitrogens is 2. The van der Waals surface area contributed by atoms with Crippen molar-refractivity contribution in [1.29, 1.82) is 0 Å². The molecule has 2 aromatic rings. The molecule has 1 aromatic carbocycles. The van der Waals surface area contributed by atoms with Gasteiger partial charge in [-0.3, -0.25) is 0 Å². The predicted molar refractivity (Wildman–Crippen MR) is 63.3 cm³/mol. The van der Waals surface area contributed by atoms with Crippen LogP contribution in [0.15, 0.2) is 30.5 Å². The van der Waals surface area contributed by atoms with Gasteiger partial charge in [0.2, 0.25) is 0 Å². The highest BCUT2D eigenvalue weighted by molar-refractivity contribution is 5.57. The number of nitrogens with two attached hydrogens (primary N) is 1. The Balaban J connectivity index is 2.22. The summed E-state index contributed by atoms with van der Waals surface area (Å²) in [4.78, 5) is 7.46. The highest BCUT2D eigenvalue weighted by atomic mass is 16.5. The van der Waals surface area contributed by atoms with Crippen LogP contribution in [0, 0.1) is 6.92 Å². The molecular weight excluding hydrogens is 202 g/mol. The molecule has 0 spiro atoms. The molecule has 0 atom stereocenters. The lowest BCUT2D eigenvalue weighted by atomic mass is 10.2. The van der Waals surface area contributed by atoms with E-state index in [4.69, 9.17) is 10.5 Å². The van der Waals surface area contributed by atoms with Crippen LogP contribution in [-0.4, -0.2) is 23.1 Å². The smallest absolute Gasteiger partial charge is 0.137 e. The lowest BCUT2D eigenvalue weighted by Gasteiger charge is -2.05. The minimum atomic E-state index is 0.518. The van der Waals surface area contributed by atoms with Crippen LogP contribution in [0.2, 0.25) is 0 Å². The standard InChI is InChI=1S/C12H15N3O/c1-9-8-14-12(15-9)10-3-2-4-11(7-10)16-6-5-13/h2-4,7-8H,5-6,13H2,1H3,(H,14,15). The van der Waals surface area contributed by atoms with Crippen molar-refractivity contribution in [2.24, 2.45) is 5.73 Å². The Hall–Kier alpha value is -1.81. The summed E-state index contributed by atoms with van der Waals surface area (Å²) in [6.45, 7) is 3.02. The SMILES string of the molecule is Cc1cnc(-c2cccc(OCCN)c2)[nH]1. The minimum absolute atomic E-state index is 0.518. The van der Waals surface area contributed by atoms with Gasteiger partial charge in [0, 0.05) is 24.0 Å². The molecule has 0 aliphatic rings. The fraction of sp³-hybridized carbons (Fsp3) is 0.250. The van der Waals surface area contributed by atoms with Gasteiger partial charge < -0.3 is 15.5 Å². The molecule has 0 unspecified atom stereocenters. The monoisotopic (exact) mass is 217 g/mol. The number of rotatable bonds is 4. The molecule has 1 heterocycles. The van der Waals surface area contributed by atoms with E-state index >= 15 is 0 Å². The van der Waals surface area contributed by atoms with Gasteiger partial charge in [0.1, 0.15) is 18.2 Å². The molecule has 0 aliphatic heterocycles. The Labute approximate surface area is 94.5 Å². The number of ether oxygens (including phenoxy) is 1. The van der Waals surface area contributed by atoms with Crippen molar-refractivity contribution in [3.63, 3.8) is 0 Å². The van der Waals surface area contributed by atoms with E-state index in [9.17, 15) is 0 Å². The van der Waals surface area contributed by atoms with Gasteiger partial charge in [0.15, 0.2) is 0 Å². The normalized spacial score (nSPS) is 10.4. The van der Waals surface area contributed by atoms with E-state index in [1.54, 1.807) is 0 Å². The van der Waals surface area contributed by atoms with Crippen LogP contribution in [0.1, 0.15) is 5.69 Å². The van der Waals surface area contributed by atoms with Crippen LogP contribution in [0.25, 0.3) is 11.4 Å². The Morgan fingerprint density at radius 2 is 2.31 bits per heavy atom. The summed E-state index contributed by atoms with van der Waals surface area (Å²) in [5, 5.41) is 0. The molecule has 0 fully saturated rings. The number of nitrogens with one attached hydrogen (secondary N) is 1. The topological polar surface area (TPSA) is 63.9 Å². The zero-order chi connectivity index (χ0) is 11.4. The number of imidazole rings is 1. The van der Waals surface area contributed by atoms with Crippen molar-refractivity contribution in [2.75, 3.05) is 13.2 Å². The summed E-state index contributed by atoms with van der Waals surface area (Å²) in [6, 6.07) is 7.80. The molecule has 0 saturated carbocycles. The van der Waals surface area contributed by atoms with Gasteiger partial charge in [-0.15, -0.1) is 0 Å². The quantitative estimate of drug-likeness (QED) is 0.819. The Morgan fingerprint density at radius 1 is 1.44 bits per heavy atom. The van der Waals surface area contributed by atoms with Gasteiger partial charge in [-0.25, -0.2) is 4.98 Å². The van der Waals surface area contributed by atoms with Crippen molar-refractivity contribution < 1.29 is 4.74 Å². The van der Waals surface area contributed by atoms with Crippen LogP contribution in [-0.2, 0) is 0 Å². The molecule has 4 nitrogen and oxygen atoms in total. The largest absolute Gasteiger partial charge is 0.492 e. The lowest BCUT2D eigenvalue weighted by Crippen LogP contribution is -2.10. The summed E-state index contributed by atoms with van der Waals surface area (Å²) >= 11 is 0. The van der Waals surface area contributed by atoms with Gasteiger partial charge in [-0.05, 0) is 19.1 Å². The zero-order valence-electron chi connectivity index (χ0n) is 9.23. The second-order valence-corrected chi connectivity index (χ2v) is 3.58. The van der Waals surface area contributed by atoms with E-state index in [2.05, 4.69) is 9.97 Å². The molecular formula is C12H15N3O. The van der Waals surface area contributed by atoms with E-state index in [0.717, 1.165) is 22.8 Å². The molecule has 84 valence electrons. The van der Waals surface area contributed by atoms with Crippen molar-refractivity contribution in [2.45, 2.75) is 6.92 Å². The van der Waals surface area contributed by atoms with Crippen molar-refractivity contribution in [3.05, 3.63) is 36.2 Å². The molecule has 3 N–H and O–H groups in total. The van der Waals surface area contributed by atoms with Crippen LogP contribution >= 0.6 is 0 Å². The molecule has 2 rings (SSSR count). The fourth-order valence-corrected chi connectivity index (χ4v) is 1.47. The van der Waals surface area contributed by atoms with E-state index in [1.807, 2.05) is 37.4 Å². The Morgan fingerprint density at radius 3 is 3.00 bits per heavy atom. The zero-order valence-corrected chi connectivity index (χ0v) is 9.23. The van der Waals surface area contributed by atoms with Crippen molar-refractivity contribution in [3.8, 4) is 17.1 Å². The number of aryl methyl sites for hydroxylation is 1. The van der Waals surface area contributed by atoms with Crippen molar-refractivity contribution in [1.82, 2.24) is 9.97 Å². The van der Waals surface area contributed by atoms with Crippen LogP contribution in [0.3, 0.4) is 0 Å². The highest BCUT2D eigenvalue weighted by Crippen LogP contribution is 2.21. The van der Waals surface area contributed by atoms with Gasteiger partial charge in [-0.2, -0.15) is 0 Å². The first kappa shape index (κ1) is 10.7. The second kappa shape index (κ2) is 4.81. The molecule has 4 heteroatoms. The second-order valence-electron chi connectivity index (χ2n) is 3.58. The van der Waals surface area contributed by atoms with E-state index in [-0.39, 0.29) is 0 Å². The summed E-state index contributed by atoms with van der Waals surface area (Å²) < 4.78 is 5.46. The molecule has 0 bridgehead atoms. The number of H-pyrrole nitrogens is 1. The first-order chi connectivity index (χ1) is 7.79. The number of benzene rings is 1. The minimum Gasteiger partial charge on any atom is -0.492 e. The third kappa shape index (κ3) is 2.41. The first-order valence-electron chi connectivity index (χ1n) is 5.24. The van der Waals surface area contributed by atoms with Gasteiger partial charge in [0.05, 0.1) is 0 Å². The van der Waals surface area contributed by atoms with E-state index < -0.39 is 0 Å². The lowest BCUT2D eigenvalue weighted by molar-refractivity contribution is 0.328. The molecule has 0 saturated heterocycles. The third-order valence-corrected chi connectivity index (χ3v) is 2.20. The Bertz CT molecular complexity index is 465. The van der Waals surface area contributed by atoms with E-state index in [1.165, 1.54) is 0 Å². The van der Waals surface area contributed by atoms with Gasteiger partial charge in [-0.1, -0.05) is 12.1 Å². The molecule has 1 aromatic heterocycles. The van der Waals surface area contributed by atoms with E-state index in [0.29, 0.717) is 13.2 Å². The summed E-state index contributed by atoms with van der Waals surface area (Å²) in [6.07, 6.45) is 1.81. The van der Waals surface area contributed by atoms with Crippen LogP contribution in [0.4, 0.5) is 0 Å². The number of hydrogen-bond acceptors (Lipinski definition) is 3. The number of hydrogen-bond donors (Lipinski definition) is 2. The number of aromatic amines is 1. The summed E-state index contributed by atoms with van der Waals surface area (Å²) in [5.74, 6) is 1.67. The molecule has 16 heavy (non-hydrogen) atoms. The fourth-order valence-electron chi connectivity index (χ4n) is 1.47. The predicted octanol–water partition coefficient (Wildman–Crippen LogP) is 1.72. The van der Waals surface area contributed by atoms with Crippen molar-refractivity contribution >= 4 is 0 Å². The number of nitrogens with zero attached hydrogens (tertiary/aromatic N) is 1. The Kier molecular flexibility index (Phi) is 3.22. The van der Waals surface area contributed by atoms with Crippen LogP contribution in [0.5, 0.6) is 5.75 Å². The average Bonchev–Trinajstić information content (AvgIpc) is 2.74. The maximum absolute atomic E-state index is 5.46. The third-order valence-electron chi connectivity index (χ3n) is 2.20. The highest BCUT2D eigenvalue weighted by Gasteiger charge is 2.02. The summed E-state index contributed by atoms with van der Waals surface area (Å²) in [7, 11) is 0. The van der Waals surface area contributed by atoms with Crippen LogP contribution < -0.4 is 10.5 Å².